The molecule has 2 rings (SSSR count). The second kappa shape index (κ2) is 3.32. The Hall–Kier alpha value is -1.52. The lowest BCUT2D eigenvalue weighted by atomic mass is 10.1. The molecular formula is C9H13N3O2. The van der Waals surface area contributed by atoms with Gasteiger partial charge in [0.1, 0.15) is 11.5 Å². The standard InChI is InChI=1S/C9H13N3O2/c1-2-8(13)12-4-3-7-6(5-12)11-9(10)14-7/h2-5H2,1H3,(H2,10,11). The fraction of sp³-hybridized carbons (Fsp3) is 0.556. The Balaban J connectivity index is 2.16. The van der Waals surface area contributed by atoms with Gasteiger partial charge in [0.05, 0.1) is 6.54 Å². The minimum absolute atomic E-state index is 0.150. The van der Waals surface area contributed by atoms with E-state index in [0.29, 0.717) is 25.9 Å². The fourth-order valence-corrected chi connectivity index (χ4v) is 1.66. The molecule has 0 unspecified atom stereocenters. The van der Waals surface area contributed by atoms with E-state index in [2.05, 4.69) is 4.98 Å². The molecule has 5 nitrogen and oxygen atoms in total. The second-order valence-electron chi connectivity index (χ2n) is 3.34. The third kappa shape index (κ3) is 1.45. The molecule has 1 aromatic rings. The minimum Gasteiger partial charge on any atom is -0.428 e. The maximum atomic E-state index is 11.4. The molecule has 0 saturated carbocycles. The van der Waals surface area contributed by atoms with Gasteiger partial charge in [0.15, 0.2) is 0 Å². The first kappa shape index (κ1) is 9.05. The molecule has 0 bridgehead atoms. The quantitative estimate of drug-likeness (QED) is 0.710. The van der Waals surface area contributed by atoms with Gasteiger partial charge >= 0.3 is 0 Å². The molecule has 0 aliphatic carbocycles. The van der Waals surface area contributed by atoms with Crippen molar-refractivity contribution in [1.29, 1.82) is 0 Å². The summed E-state index contributed by atoms with van der Waals surface area (Å²) in [6.45, 7) is 3.09. The summed E-state index contributed by atoms with van der Waals surface area (Å²) < 4.78 is 5.20. The van der Waals surface area contributed by atoms with Crippen LogP contribution in [0.4, 0.5) is 6.01 Å². The summed E-state index contributed by atoms with van der Waals surface area (Å²) in [7, 11) is 0. The number of amides is 1. The summed E-state index contributed by atoms with van der Waals surface area (Å²) in [5.74, 6) is 0.972. The molecule has 0 saturated heterocycles. The van der Waals surface area contributed by atoms with Crippen LogP contribution in [0.2, 0.25) is 0 Å². The van der Waals surface area contributed by atoms with Crippen molar-refractivity contribution in [2.75, 3.05) is 12.3 Å². The summed E-state index contributed by atoms with van der Waals surface area (Å²) in [6.07, 6.45) is 1.24. The second-order valence-corrected chi connectivity index (χ2v) is 3.34. The topological polar surface area (TPSA) is 72.4 Å². The van der Waals surface area contributed by atoms with Crippen LogP contribution in [0.15, 0.2) is 4.42 Å². The molecule has 1 amide bonds. The van der Waals surface area contributed by atoms with E-state index < -0.39 is 0 Å². The number of aromatic nitrogens is 1. The molecule has 1 aliphatic rings. The maximum absolute atomic E-state index is 11.4. The predicted octanol–water partition coefficient (Wildman–Crippen LogP) is 0.552. The Labute approximate surface area is 81.9 Å². The molecule has 0 radical (unpaired) electrons. The highest BCUT2D eigenvalue weighted by Gasteiger charge is 2.23. The van der Waals surface area contributed by atoms with Crippen LogP contribution in [0.25, 0.3) is 0 Å². The highest BCUT2D eigenvalue weighted by atomic mass is 16.4. The molecule has 0 aromatic carbocycles. The SMILES string of the molecule is CCC(=O)N1CCc2oc(N)nc2C1. The molecule has 14 heavy (non-hydrogen) atoms. The van der Waals surface area contributed by atoms with Gasteiger partial charge < -0.3 is 15.1 Å². The monoisotopic (exact) mass is 195 g/mol. The average molecular weight is 195 g/mol. The number of hydrogen-bond donors (Lipinski definition) is 1. The lowest BCUT2D eigenvalue weighted by molar-refractivity contribution is -0.131. The molecule has 0 fully saturated rings. The van der Waals surface area contributed by atoms with E-state index in [1.807, 2.05) is 6.92 Å². The Kier molecular flexibility index (Phi) is 2.15. The Morgan fingerprint density at radius 3 is 3.21 bits per heavy atom. The zero-order valence-corrected chi connectivity index (χ0v) is 8.12. The maximum Gasteiger partial charge on any atom is 0.292 e. The largest absolute Gasteiger partial charge is 0.428 e. The van der Waals surface area contributed by atoms with Gasteiger partial charge in [-0.2, -0.15) is 4.98 Å². The van der Waals surface area contributed by atoms with E-state index in [9.17, 15) is 4.79 Å². The highest BCUT2D eigenvalue weighted by molar-refractivity contribution is 5.76. The Morgan fingerprint density at radius 1 is 1.71 bits per heavy atom. The molecule has 0 atom stereocenters. The number of carbonyl (C=O) groups is 1. The van der Waals surface area contributed by atoms with Gasteiger partial charge in [0.2, 0.25) is 5.91 Å². The first-order valence-electron chi connectivity index (χ1n) is 4.72. The van der Waals surface area contributed by atoms with Crippen LogP contribution in [0, 0.1) is 0 Å². The van der Waals surface area contributed by atoms with Gasteiger partial charge in [0, 0.05) is 19.4 Å². The van der Waals surface area contributed by atoms with E-state index in [0.717, 1.165) is 11.5 Å². The number of carbonyl (C=O) groups excluding carboxylic acids is 1. The summed E-state index contributed by atoms with van der Waals surface area (Å²) >= 11 is 0. The first-order valence-corrected chi connectivity index (χ1v) is 4.72. The number of nitrogens with two attached hydrogens (primary N) is 1. The van der Waals surface area contributed by atoms with Gasteiger partial charge in [-0.1, -0.05) is 6.92 Å². The van der Waals surface area contributed by atoms with Crippen molar-refractivity contribution in [3.63, 3.8) is 0 Å². The zero-order chi connectivity index (χ0) is 10.1. The lowest BCUT2D eigenvalue weighted by Crippen LogP contribution is -2.35. The fourth-order valence-electron chi connectivity index (χ4n) is 1.66. The van der Waals surface area contributed by atoms with Crippen molar-refractivity contribution in [3.05, 3.63) is 11.5 Å². The van der Waals surface area contributed by atoms with Crippen molar-refractivity contribution < 1.29 is 9.21 Å². The van der Waals surface area contributed by atoms with Crippen molar-refractivity contribution in [2.24, 2.45) is 0 Å². The zero-order valence-electron chi connectivity index (χ0n) is 8.12. The predicted molar refractivity (Wildman–Crippen MR) is 50.3 cm³/mol. The van der Waals surface area contributed by atoms with Crippen LogP contribution in [-0.4, -0.2) is 22.3 Å². The van der Waals surface area contributed by atoms with Crippen molar-refractivity contribution in [2.45, 2.75) is 26.3 Å². The smallest absolute Gasteiger partial charge is 0.292 e. The van der Waals surface area contributed by atoms with Crippen molar-refractivity contribution in [1.82, 2.24) is 9.88 Å². The summed E-state index contributed by atoms with van der Waals surface area (Å²) in [6, 6.07) is 0.195. The van der Waals surface area contributed by atoms with E-state index >= 15 is 0 Å². The highest BCUT2D eigenvalue weighted by Crippen LogP contribution is 2.20. The number of fused-ring (bicyclic) bond motifs is 1. The third-order valence-electron chi connectivity index (χ3n) is 2.40. The number of nitrogens with zero attached hydrogens (tertiary/aromatic N) is 2. The molecule has 1 aromatic heterocycles. The first-order chi connectivity index (χ1) is 6.70. The van der Waals surface area contributed by atoms with Gasteiger partial charge in [-0.25, -0.2) is 0 Å². The molecule has 76 valence electrons. The Bertz CT molecular complexity index is 359. The van der Waals surface area contributed by atoms with Gasteiger partial charge in [-0.15, -0.1) is 0 Å². The van der Waals surface area contributed by atoms with Crippen LogP contribution in [-0.2, 0) is 17.8 Å². The van der Waals surface area contributed by atoms with E-state index in [1.165, 1.54) is 0 Å². The van der Waals surface area contributed by atoms with Gasteiger partial charge in [0.25, 0.3) is 6.01 Å². The molecular weight excluding hydrogens is 182 g/mol. The van der Waals surface area contributed by atoms with E-state index in [1.54, 1.807) is 4.90 Å². The number of hydrogen-bond acceptors (Lipinski definition) is 4. The molecule has 2 heterocycles. The normalized spacial score (nSPS) is 15.4. The molecule has 1 aliphatic heterocycles. The average Bonchev–Trinajstić information content (AvgIpc) is 2.55. The summed E-state index contributed by atoms with van der Waals surface area (Å²) in [5, 5.41) is 0. The Morgan fingerprint density at radius 2 is 2.50 bits per heavy atom. The number of anilines is 1. The summed E-state index contributed by atoms with van der Waals surface area (Å²) in [5.41, 5.74) is 6.23. The van der Waals surface area contributed by atoms with E-state index in [-0.39, 0.29) is 11.9 Å². The molecule has 0 spiro atoms. The van der Waals surface area contributed by atoms with Crippen LogP contribution in [0.5, 0.6) is 0 Å². The van der Waals surface area contributed by atoms with Crippen molar-refractivity contribution >= 4 is 11.9 Å². The summed E-state index contributed by atoms with van der Waals surface area (Å²) in [4.78, 5) is 17.2. The van der Waals surface area contributed by atoms with Crippen LogP contribution in [0.1, 0.15) is 24.8 Å². The van der Waals surface area contributed by atoms with Crippen LogP contribution < -0.4 is 5.73 Å². The van der Waals surface area contributed by atoms with E-state index in [4.69, 9.17) is 10.2 Å². The number of nitrogen functional groups attached to an aromatic ring is 1. The van der Waals surface area contributed by atoms with Crippen LogP contribution >= 0.6 is 0 Å². The number of rotatable bonds is 1. The lowest BCUT2D eigenvalue weighted by Gasteiger charge is -2.24. The molecule has 2 N–H and O–H groups in total. The van der Waals surface area contributed by atoms with Gasteiger partial charge in [-0.05, 0) is 0 Å². The van der Waals surface area contributed by atoms with Crippen molar-refractivity contribution in [3.8, 4) is 0 Å². The van der Waals surface area contributed by atoms with Crippen LogP contribution in [0.3, 0.4) is 0 Å². The third-order valence-corrected chi connectivity index (χ3v) is 2.40. The molecule has 5 heteroatoms. The number of oxazole rings is 1. The van der Waals surface area contributed by atoms with Gasteiger partial charge in [-0.3, -0.25) is 4.79 Å². The minimum atomic E-state index is 0.150.